The maximum absolute atomic E-state index is 12.4. The molecule has 0 aromatic carbocycles. The molecule has 0 atom stereocenters. The number of nitrogens with zero attached hydrogens (tertiary/aromatic N) is 2. The summed E-state index contributed by atoms with van der Waals surface area (Å²) in [6, 6.07) is 1.92. The van der Waals surface area contributed by atoms with Crippen LogP contribution in [0.15, 0.2) is 16.8 Å². The second-order valence-corrected chi connectivity index (χ2v) is 8.55. The van der Waals surface area contributed by atoms with Crippen LogP contribution in [0.25, 0.3) is 0 Å². The summed E-state index contributed by atoms with van der Waals surface area (Å²) in [7, 11) is 4.05. The number of piperidine rings is 1. The van der Waals surface area contributed by atoms with Gasteiger partial charge in [-0.05, 0) is 69.5 Å². The summed E-state index contributed by atoms with van der Waals surface area (Å²) in [5.74, 6) is 0.182. The van der Waals surface area contributed by atoms with Crippen molar-refractivity contribution in [3.05, 3.63) is 22.4 Å². The average molecular weight is 337 g/mol. The Kier molecular flexibility index (Phi) is 4.81. The third-order valence-electron chi connectivity index (χ3n) is 5.73. The van der Waals surface area contributed by atoms with Crippen LogP contribution in [-0.4, -0.2) is 60.1 Å². The lowest BCUT2D eigenvalue weighted by molar-refractivity contribution is -0.0615. The lowest BCUT2D eigenvalue weighted by Crippen LogP contribution is -2.49. The maximum Gasteiger partial charge on any atom is 0.254 e. The SMILES string of the molecule is CN(C)CC1(O)CCC2(CCN(C(=O)c3ccsc3)CC2)CC1. The Bertz CT molecular complexity index is 523. The number of aliphatic hydroxyl groups is 1. The van der Waals surface area contributed by atoms with E-state index in [9.17, 15) is 9.90 Å². The first kappa shape index (κ1) is 16.9. The van der Waals surface area contributed by atoms with E-state index in [1.165, 1.54) is 0 Å². The van der Waals surface area contributed by atoms with Crippen LogP contribution >= 0.6 is 11.3 Å². The van der Waals surface area contributed by atoms with Gasteiger partial charge in [-0.1, -0.05) is 0 Å². The monoisotopic (exact) mass is 336 g/mol. The molecule has 23 heavy (non-hydrogen) atoms. The molecule has 0 bridgehead atoms. The van der Waals surface area contributed by atoms with Gasteiger partial charge in [0.2, 0.25) is 0 Å². The lowest BCUT2D eigenvalue weighted by Gasteiger charge is -2.48. The predicted octanol–water partition coefficient (Wildman–Crippen LogP) is 2.84. The van der Waals surface area contributed by atoms with Gasteiger partial charge < -0.3 is 14.9 Å². The first-order valence-electron chi connectivity index (χ1n) is 8.60. The highest BCUT2D eigenvalue weighted by molar-refractivity contribution is 7.08. The van der Waals surface area contributed by atoms with Gasteiger partial charge >= 0.3 is 0 Å². The molecule has 1 amide bonds. The zero-order chi connectivity index (χ0) is 16.5. The fourth-order valence-electron chi connectivity index (χ4n) is 4.25. The lowest BCUT2D eigenvalue weighted by atomic mass is 9.64. The minimum absolute atomic E-state index is 0.182. The van der Waals surface area contributed by atoms with E-state index < -0.39 is 5.60 Å². The smallest absolute Gasteiger partial charge is 0.254 e. The molecular weight excluding hydrogens is 308 g/mol. The fourth-order valence-corrected chi connectivity index (χ4v) is 4.88. The maximum atomic E-state index is 12.4. The zero-order valence-corrected chi connectivity index (χ0v) is 15.1. The molecule has 1 spiro atoms. The largest absolute Gasteiger partial charge is 0.389 e. The van der Waals surface area contributed by atoms with E-state index in [-0.39, 0.29) is 5.91 Å². The van der Waals surface area contributed by atoms with Crippen LogP contribution in [-0.2, 0) is 0 Å². The normalized spacial score (nSPS) is 23.4. The van der Waals surface area contributed by atoms with Gasteiger partial charge in [-0.15, -0.1) is 0 Å². The van der Waals surface area contributed by atoms with Crippen molar-refractivity contribution < 1.29 is 9.90 Å². The minimum atomic E-state index is -0.515. The Morgan fingerprint density at radius 2 is 1.87 bits per heavy atom. The van der Waals surface area contributed by atoms with E-state index in [0.717, 1.165) is 63.7 Å². The van der Waals surface area contributed by atoms with Crippen molar-refractivity contribution in [2.24, 2.45) is 5.41 Å². The van der Waals surface area contributed by atoms with E-state index >= 15 is 0 Å². The molecule has 0 unspecified atom stereocenters. The van der Waals surface area contributed by atoms with Gasteiger partial charge in [-0.3, -0.25) is 4.79 Å². The third kappa shape index (κ3) is 3.78. The highest BCUT2D eigenvalue weighted by atomic mass is 32.1. The van der Waals surface area contributed by atoms with E-state index in [0.29, 0.717) is 5.41 Å². The highest BCUT2D eigenvalue weighted by Crippen LogP contribution is 2.47. The Labute approximate surface area is 143 Å². The second kappa shape index (κ2) is 6.54. The summed E-state index contributed by atoms with van der Waals surface area (Å²) in [4.78, 5) is 16.5. The Hall–Kier alpha value is -0.910. The molecule has 0 radical (unpaired) electrons. The van der Waals surface area contributed by atoms with Crippen LogP contribution in [0.2, 0.25) is 0 Å². The molecule has 1 N–H and O–H groups in total. The number of carbonyl (C=O) groups is 1. The van der Waals surface area contributed by atoms with Gasteiger partial charge in [0, 0.05) is 25.0 Å². The van der Waals surface area contributed by atoms with E-state index in [2.05, 4.69) is 4.90 Å². The number of likely N-dealkylation sites (N-methyl/N-ethyl adjacent to an activating group) is 1. The number of likely N-dealkylation sites (tertiary alicyclic amines) is 1. The molecule has 2 heterocycles. The van der Waals surface area contributed by atoms with Crippen LogP contribution in [0.5, 0.6) is 0 Å². The van der Waals surface area contributed by atoms with E-state index in [4.69, 9.17) is 0 Å². The van der Waals surface area contributed by atoms with Crippen molar-refractivity contribution in [2.45, 2.75) is 44.1 Å². The van der Waals surface area contributed by atoms with Crippen molar-refractivity contribution in [1.29, 1.82) is 0 Å². The molecule has 128 valence electrons. The number of thiophene rings is 1. The summed E-state index contributed by atoms with van der Waals surface area (Å²) in [5, 5.41) is 14.6. The van der Waals surface area contributed by atoms with Crippen LogP contribution in [0.3, 0.4) is 0 Å². The van der Waals surface area contributed by atoms with Crippen molar-refractivity contribution >= 4 is 17.2 Å². The number of rotatable bonds is 3. The number of hydrogen-bond donors (Lipinski definition) is 1. The quantitative estimate of drug-likeness (QED) is 0.923. The minimum Gasteiger partial charge on any atom is -0.389 e. The van der Waals surface area contributed by atoms with Crippen LogP contribution in [0.4, 0.5) is 0 Å². The molecule has 1 aromatic heterocycles. The molecule has 1 aromatic rings. The Morgan fingerprint density at radius 3 is 2.39 bits per heavy atom. The molecule has 1 saturated heterocycles. The van der Waals surface area contributed by atoms with Gasteiger partial charge in [0.25, 0.3) is 5.91 Å². The van der Waals surface area contributed by atoms with Crippen molar-refractivity contribution in [3.63, 3.8) is 0 Å². The molecular formula is C18H28N2O2S. The van der Waals surface area contributed by atoms with Crippen LogP contribution in [0, 0.1) is 5.41 Å². The molecule has 2 aliphatic rings. The molecule has 1 aliphatic heterocycles. The van der Waals surface area contributed by atoms with Gasteiger partial charge in [0.15, 0.2) is 0 Å². The predicted molar refractivity (Wildman–Crippen MR) is 93.9 cm³/mol. The highest BCUT2D eigenvalue weighted by Gasteiger charge is 2.43. The van der Waals surface area contributed by atoms with Crippen molar-refractivity contribution in [3.8, 4) is 0 Å². The Morgan fingerprint density at radius 1 is 1.22 bits per heavy atom. The zero-order valence-electron chi connectivity index (χ0n) is 14.3. The molecule has 1 aliphatic carbocycles. The van der Waals surface area contributed by atoms with Gasteiger partial charge in [-0.2, -0.15) is 11.3 Å². The van der Waals surface area contributed by atoms with Crippen LogP contribution < -0.4 is 0 Å². The summed E-state index contributed by atoms with van der Waals surface area (Å²) >= 11 is 1.58. The van der Waals surface area contributed by atoms with E-state index in [1.54, 1.807) is 11.3 Å². The summed E-state index contributed by atoms with van der Waals surface area (Å²) in [5.41, 5.74) is 0.664. The summed E-state index contributed by atoms with van der Waals surface area (Å²) < 4.78 is 0. The topological polar surface area (TPSA) is 43.8 Å². The van der Waals surface area contributed by atoms with Gasteiger partial charge in [0.05, 0.1) is 11.2 Å². The standard InChI is InChI=1S/C18H28N2O2S/c1-19(2)14-18(22)6-4-17(5-7-18)8-10-20(11-9-17)16(21)15-3-12-23-13-15/h3,12-13,22H,4-11,14H2,1-2H3. The molecule has 5 heteroatoms. The van der Waals surface area contributed by atoms with Crippen molar-refractivity contribution in [2.75, 3.05) is 33.7 Å². The third-order valence-corrected chi connectivity index (χ3v) is 6.41. The Balaban J connectivity index is 1.54. The molecule has 1 saturated carbocycles. The summed E-state index contributed by atoms with van der Waals surface area (Å²) in [6.07, 6.45) is 6.14. The number of amides is 1. The molecule has 4 nitrogen and oxygen atoms in total. The van der Waals surface area contributed by atoms with E-state index in [1.807, 2.05) is 35.8 Å². The summed E-state index contributed by atoms with van der Waals surface area (Å²) in [6.45, 7) is 2.48. The molecule has 2 fully saturated rings. The first-order valence-corrected chi connectivity index (χ1v) is 9.54. The number of hydrogen-bond acceptors (Lipinski definition) is 4. The average Bonchev–Trinajstić information content (AvgIpc) is 3.05. The molecule has 3 rings (SSSR count). The number of carbonyl (C=O) groups excluding carboxylic acids is 1. The van der Waals surface area contributed by atoms with Gasteiger partial charge in [-0.25, -0.2) is 0 Å². The fraction of sp³-hybridized carbons (Fsp3) is 0.722. The second-order valence-electron chi connectivity index (χ2n) is 7.77. The van der Waals surface area contributed by atoms with Crippen molar-refractivity contribution in [1.82, 2.24) is 9.80 Å². The van der Waals surface area contributed by atoms with Crippen LogP contribution in [0.1, 0.15) is 48.9 Å². The van der Waals surface area contributed by atoms with Gasteiger partial charge in [0.1, 0.15) is 0 Å². The first-order chi connectivity index (χ1) is 10.9.